The molecule has 0 amide bonds. The molecule has 2 saturated carbocycles. The third-order valence-corrected chi connectivity index (χ3v) is 7.43. The number of isothiocyanates is 1. The van der Waals surface area contributed by atoms with E-state index in [4.69, 9.17) is 0 Å². The van der Waals surface area contributed by atoms with Crippen molar-refractivity contribution in [3.63, 3.8) is 0 Å². The number of nitrogens with zero attached hydrogens (tertiary/aromatic N) is 1. The van der Waals surface area contributed by atoms with Gasteiger partial charge in [-0.05, 0) is 92.1 Å². The third kappa shape index (κ3) is 6.26. The Morgan fingerprint density at radius 3 is 2.07 bits per heavy atom. The Morgan fingerprint density at radius 2 is 1.48 bits per heavy atom. The molecule has 0 unspecified atom stereocenters. The van der Waals surface area contributed by atoms with Crippen LogP contribution < -0.4 is 0 Å². The summed E-state index contributed by atoms with van der Waals surface area (Å²) in [4.78, 5) is 4.06. The Morgan fingerprint density at radius 1 is 0.852 bits per heavy atom. The van der Waals surface area contributed by atoms with Crippen molar-refractivity contribution in [3.05, 3.63) is 29.8 Å². The number of rotatable bonds is 8. The van der Waals surface area contributed by atoms with Crippen LogP contribution >= 0.6 is 12.2 Å². The molecule has 0 spiro atoms. The highest BCUT2D eigenvalue weighted by Gasteiger charge is 2.31. The molecule has 3 rings (SSSR count). The molecule has 0 heterocycles. The highest BCUT2D eigenvalue weighted by atomic mass is 32.1. The van der Waals surface area contributed by atoms with E-state index in [-0.39, 0.29) is 0 Å². The van der Waals surface area contributed by atoms with E-state index in [1.807, 2.05) is 0 Å². The predicted molar refractivity (Wildman–Crippen MR) is 120 cm³/mol. The number of unbranched alkanes of at least 4 members (excludes halogenated alkanes) is 3. The molecule has 2 heteroatoms. The van der Waals surface area contributed by atoms with E-state index in [1.54, 1.807) is 0 Å². The van der Waals surface area contributed by atoms with Crippen molar-refractivity contribution in [2.75, 3.05) is 0 Å². The van der Waals surface area contributed by atoms with Gasteiger partial charge in [0.25, 0.3) is 0 Å². The van der Waals surface area contributed by atoms with E-state index in [0.29, 0.717) is 0 Å². The summed E-state index contributed by atoms with van der Waals surface area (Å²) < 4.78 is 0. The monoisotopic (exact) mass is 383 g/mol. The minimum atomic E-state index is 0.752. The lowest BCUT2D eigenvalue weighted by molar-refractivity contribution is 0.155. The van der Waals surface area contributed by atoms with Crippen molar-refractivity contribution in [1.29, 1.82) is 0 Å². The zero-order chi connectivity index (χ0) is 18.9. The first-order valence-corrected chi connectivity index (χ1v) is 11.9. The van der Waals surface area contributed by atoms with Crippen LogP contribution in [0.4, 0.5) is 5.69 Å². The molecule has 0 aliphatic heterocycles. The van der Waals surface area contributed by atoms with Gasteiger partial charge in [-0.25, -0.2) is 0 Å². The molecule has 2 aliphatic carbocycles. The quantitative estimate of drug-likeness (QED) is 0.249. The largest absolute Gasteiger partial charge is 0.195 e. The van der Waals surface area contributed by atoms with Gasteiger partial charge in [0.1, 0.15) is 0 Å². The van der Waals surface area contributed by atoms with E-state index in [0.717, 1.165) is 29.4 Å². The average Bonchev–Trinajstić information content (AvgIpc) is 2.73. The third-order valence-electron chi connectivity index (χ3n) is 7.34. The van der Waals surface area contributed by atoms with E-state index >= 15 is 0 Å². The summed E-state index contributed by atoms with van der Waals surface area (Å²) >= 11 is 4.69. The Bertz CT molecular complexity index is 585. The van der Waals surface area contributed by atoms with Crippen LogP contribution in [0.2, 0.25) is 0 Å². The fraction of sp³-hybridized carbons (Fsp3) is 0.720. The van der Waals surface area contributed by atoms with E-state index in [9.17, 15) is 0 Å². The Hall–Kier alpha value is -0.980. The number of thiocarbonyl (C=S) groups is 1. The summed E-state index contributed by atoms with van der Waals surface area (Å²) in [5, 5.41) is 2.45. The summed E-state index contributed by atoms with van der Waals surface area (Å²) in [6.45, 7) is 2.31. The second-order valence-corrected chi connectivity index (χ2v) is 9.22. The number of hydrogen-bond donors (Lipinski definition) is 0. The van der Waals surface area contributed by atoms with E-state index in [1.165, 1.54) is 89.0 Å². The van der Waals surface area contributed by atoms with Crippen LogP contribution in [0, 0.1) is 17.8 Å². The minimum absolute atomic E-state index is 0.752. The summed E-state index contributed by atoms with van der Waals surface area (Å²) in [7, 11) is 0. The van der Waals surface area contributed by atoms with Crippen LogP contribution in [0.25, 0.3) is 0 Å². The smallest absolute Gasteiger partial charge is 0.0739 e. The van der Waals surface area contributed by atoms with Crippen LogP contribution in [-0.4, -0.2) is 5.16 Å². The van der Waals surface area contributed by atoms with Gasteiger partial charge in [-0.1, -0.05) is 64.0 Å². The molecule has 1 aromatic carbocycles. The molecule has 0 radical (unpaired) electrons. The molecule has 0 bridgehead atoms. The first-order chi connectivity index (χ1) is 13.3. The molecule has 0 aromatic heterocycles. The van der Waals surface area contributed by atoms with Crippen molar-refractivity contribution in [2.45, 2.75) is 96.3 Å². The van der Waals surface area contributed by atoms with Gasteiger partial charge in [-0.2, -0.15) is 4.99 Å². The van der Waals surface area contributed by atoms with Gasteiger partial charge in [-0.15, -0.1) is 0 Å². The lowest BCUT2D eigenvalue weighted by Crippen LogP contribution is -2.25. The number of aliphatic imine (C=N–C) groups is 1. The molecule has 148 valence electrons. The average molecular weight is 384 g/mol. The molecular formula is C25H37NS. The minimum Gasteiger partial charge on any atom is -0.195 e. The van der Waals surface area contributed by atoms with Gasteiger partial charge in [0, 0.05) is 0 Å². The standard InChI is InChI=1S/C25H37NS/c1-2-3-4-5-6-20-7-9-21(10-8-20)22-11-13-23(14-12-22)24-15-17-25(18-16-24)26-19-27/h15-18,20-23H,2-14H2,1H3. The molecule has 27 heavy (non-hydrogen) atoms. The molecular weight excluding hydrogens is 346 g/mol. The molecule has 0 N–H and O–H groups in total. The molecule has 0 saturated heterocycles. The van der Waals surface area contributed by atoms with E-state index in [2.05, 4.69) is 53.6 Å². The topological polar surface area (TPSA) is 12.4 Å². The lowest BCUT2D eigenvalue weighted by Gasteiger charge is -2.38. The second kappa shape index (κ2) is 11.1. The first-order valence-electron chi connectivity index (χ1n) is 11.5. The normalized spacial score (nSPS) is 28.5. The van der Waals surface area contributed by atoms with Gasteiger partial charge in [0.05, 0.1) is 10.8 Å². The molecule has 1 nitrogen and oxygen atoms in total. The highest BCUT2D eigenvalue weighted by molar-refractivity contribution is 7.78. The summed E-state index contributed by atoms with van der Waals surface area (Å²) in [6.07, 6.45) is 18.9. The van der Waals surface area contributed by atoms with Gasteiger partial charge in [-0.3, -0.25) is 0 Å². The predicted octanol–water partition coefficient (Wildman–Crippen LogP) is 8.47. The Balaban J connectivity index is 1.39. The zero-order valence-corrected chi connectivity index (χ0v) is 18.0. The molecule has 2 aliphatic rings. The number of hydrogen-bond acceptors (Lipinski definition) is 2. The van der Waals surface area contributed by atoms with Crippen LogP contribution in [-0.2, 0) is 0 Å². The van der Waals surface area contributed by atoms with Crippen LogP contribution in [0.1, 0.15) is 102 Å². The van der Waals surface area contributed by atoms with Crippen molar-refractivity contribution < 1.29 is 0 Å². The maximum Gasteiger partial charge on any atom is 0.0739 e. The summed E-state index contributed by atoms with van der Waals surface area (Å²) in [5.41, 5.74) is 2.42. The van der Waals surface area contributed by atoms with Crippen LogP contribution in [0.15, 0.2) is 29.3 Å². The molecule has 1 aromatic rings. The summed E-state index contributed by atoms with van der Waals surface area (Å²) in [6, 6.07) is 8.67. The summed E-state index contributed by atoms with van der Waals surface area (Å²) in [5.74, 6) is 3.82. The number of benzene rings is 1. The Kier molecular flexibility index (Phi) is 8.55. The van der Waals surface area contributed by atoms with Crippen molar-refractivity contribution >= 4 is 23.1 Å². The first kappa shape index (κ1) is 20.7. The van der Waals surface area contributed by atoms with Crippen molar-refractivity contribution in [2.24, 2.45) is 22.7 Å². The SMILES string of the molecule is CCCCCCC1CCC(C2CCC(c3ccc(N=C=S)cc3)CC2)CC1. The lowest BCUT2D eigenvalue weighted by atomic mass is 9.68. The van der Waals surface area contributed by atoms with E-state index < -0.39 is 0 Å². The van der Waals surface area contributed by atoms with Gasteiger partial charge < -0.3 is 0 Å². The maximum atomic E-state index is 4.69. The van der Waals surface area contributed by atoms with Gasteiger partial charge in [0.15, 0.2) is 0 Å². The zero-order valence-electron chi connectivity index (χ0n) is 17.2. The van der Waals surface area contributed by atoms with Crippen LogP contribution in [0.5, 0.6) is 0 Å². The van der Waals surface area contributed by atoms with Gasteiger partial charge in [0.2, 0.25) is 0 Å². The van der Waals surface area contributed by atoms with Crippen LogP contribution in [0.3, 0.4) is 0 Å². The second-order valence-electron chi connectivity index (χ2n) is 9.04. The van der Waals surface area contributed by atoms with Crippen molar-refractivity contribution in [3.8, 4) is 0 Å². The fourth-order valence-electron chi connectivity index (χ4n) is 5.61. The van der Waals surface area contributed by atoms with Gasteiger partial charge >= 0.3 is 0 Å². The highest BCUT2D eigenvalue weighted by Crippen LogP contribution is 2.44. The molecule has 2 fully saturated rings. The fourth-order valence-corrected chi connectivity index (χ4v) is 5.71. The Labute approximate surface area is 172 Å². The molecule has 0 atom stereocenters. The maximum absolute atomic E-state index is 4.69. The van der Waals surface area contributed by atoms with Crippen molar-refractivity contribution in [1.82, 2.24) is 0 Å².